The Hall–Kier alpha value is -3.80. The van der Waals surface area contributed by atoms with Crippen molar-refractivity contribution in [3.8, 4) is 17.2 Å². The van der Waals surface area contributed by atoms with Crippen LogP contribution >= 0.6 is 0 Å². The molecule has 0 spiro atoms. The summed E-state index contributed by atoms with van der Waals surface area (Å²) in [7, 11) is 0. The summed E-state index contributed by atoms with van der Waals surface area (Å²) in [5.41, 5.74) is 4.89. The number of hydrogen-bond acceptors (Lipinski definition) is 5. The zero-order valence-electron chi connectivity index (χ0n) is 15.0. The van der Waals surface area contributed by atoms with Crippen LogP contribution in [-0.4, -0.2) is 18.9 Å². The molecule has 0 atom stereocenters. The Labute approximate surface area is 162 Å². The molecule has 3 aromatic carbocycles. The van der Waals surface area contributed by atoms with Crippen molar-refractivity contribution in [3.63, 3.8) is 0 Å². The largest absolute Gasteiger partial charge is 0.489 e. The number of carbonyl (C=O) groups excluding carboxylic acids is 1. The Morgan fingerprint density at radius 3 is 2.61 bits per heavy atom. The van der Waals surface area contributed by atoms with Gasteiger partial charge in [0.05, 0.1) is 6.21 Å². The van der Waals surface area contributed by atoms with E-state index < -0.39 is 0 Å². The molecule has 0 fully saturated rings. The minimum atomic E-state index is -0.299. The Morgan fingerprint density at radius 2 is 1.79 bits per heavy atom. The van der Waals surface area contributed by atoms with Crippen molar-refractivity contribution in [2.45, 2.75) is 6.61 Å². The van der Waals surface area contributed by atoms with E-state index in [9.17, 15) is 4.79 Å². The van der Waals surface area contributed by atoms with Gasteiger partial charge in [0.15, 0.2) is 11.5 Å². The molecule has 0 unspecified atom stereocenters. The Balaban J connectivity index is 1.31. The number of nitrogens with one attached hydrogen (secondary N) is 1. The summed E-state index contributed by atoms with van der Waals surface area (Å²) in [5.74, 6) is 1.77. The minimum absolute atomic E-state index is 0.220. The molecule has 1 amide bonds. The average Bonchev–Trinajstić information content (AvgIpc) is 3.21. The second-order valence-electron chi connectivity index (χ2n) is 6.11. The van der Waals surface area contributed by atoms with Crippen LogP contribution in [0.3, 0.4) is 0 Å². The van der Waals surface area contributed by atoms with Gasteiger partial charge in [-0.3, -0.25) is 4.79 Å². The minimum Gasteiger partial charge on any atom is -0.489 e. The van der Waals surface area contributed by atoms with Crippen molar-refractivity contribution in [2.75, 3.05) is 6.79 Å². The topological polar surface area (TPSA) is 69.2 Å². The molecule has 6 heteroatoms. The van der Waals surface area contributed by atoms with Gasteiger partial charge in [-0.15, -0.1) is 0 Å². The van der Waals surface area contributed by atoms with Crippen molar-refractivity contribution < 1.29 is 19.0 Å². The lowest BCUT2D eigenvalue weighted by Crippen LogP contribution is -2.17. The van der Waals surface area contributed by atoms with Gasteiger partial charge in [0.2, 0.25) is 6.79 Å². The fraction of sp³-hybridized carbons (Fsp3) is 0.0909. The first-order chi connectivity index (χ1) is 13.8. The Kier molecular flexibility index (Phi) is 5.20. The summed E-state index contributed by atoms with van der Waals surface area (Å²) in [6.07, 6.45) is 1.55. The quantitative estimate of drug-likeness (QED) is 0.527. The maximum absolute atomic E-state index is 12.2. The number of hydrogen-bond donors (Lipinski definition) is 1. The van der Waals surface area contributed by atoms with Gasteiger partial charge in [-0.1, -0.05) is 30.3 Å². The van der Waals surface area contributed by atoms with Gasteiger partial charge in [-0.2, -0.15) is 5.10 Å². The van der Waals surface area contributed by atoms with Crippen LogP contribution in [0.4, 0.5) is 0 Å². The van der Waals surface area contributed by atoms with E-state index in [2.05, 4.69) is 10.5 Å². The lowest BCUT2D eigenvalue weighted by atomic mass is 10.2. The fourth-order valence-electron chi connectivity index (χ4n) is 2.67. The lowest BCUT2D eigenvalue weighted by molar-refractivity contribution is 0.0955. The summed E-state index contributed by atoms with van der Waals surface area (Å²) >= 11 is 0. The predicted molar refractivity (Wildman–Crippen MR) is 105 cm³/mol. The van der Waals surface area contributed by atoms with Crippen LogP contribution in [0.15, 0.2) is 77.9 Å². The summed E-state index contributed by atoms with van der Waals surface area (Å²) in [6, 6.07) is 22.3. The molecule has 4 rings (SSSR count). The van der Waals surface area contributed by atoms with Gasteiger partial charge in [0.25, 0.3) is 5.91 Å². The molecular weight excluding hydrogens is 356 g/mol. The fourth-order valence-corrected chi connectivity index (χ4v) is 2.67. The molecule has 1 aliphatic rings. The molecule has 6 nitrogen and oxygen atoms in total. The number of nitrogens with zero attached hydrogens (tertiary/aromatic N) is 1. The highest BCUT2D eigenvalue weighted by atomic mass is 16.7. The molecule has 0 saturated heterocycles. The van der Waals surface area contributed by atoms with Crippen molar-refractivity contribution in [1.29, 1.82) is 0 Å². The van der Waals surface area contributed by atoms with Crippen molar-refractivity contribution >= 4 is 12.1 Å². The van der Waals surface area contributed by atoms with Crippen LogP contribution in [0.2, 0.25) is 0 Å². The molecule has 1 N–H and O–H groups in total. The zero-order valence-corrected chi connectivity index (χ0v) is 15.0. The number of benzene rings is 3. The summed E-state index contributed by atoms with van der Waals surface area (Å²) < 4.78 is 16.3. The Bertz CT molecular complexity index is 985. The van der Waals surface area contributed by atoms with E-state index in [4.69, 9.17) is 14.2 Å². The SMILES string of the molecule is O=C(N/N=C/c1ccc2c(c1)OCO2)c1ccc(OCc2ccccc2)cc1. The highest BCUT2D eigenvalue weighted by Crippen LogP contribution is 2.31. The first-order valence-electron chi connectivity index (χ1n) is 8.78. The summed E-state index contributed by atoms with van der Waals surface area (Å²) in [4.78, 5) is 12.2. The lowest BCUT2D eigenvalue weighted by Gasteiger charge is -2.07. The van der Waals surface area contributed by atoms with Gasteiger partial charge in [0.1, 0.15) is 12.4 Å². The molecule has 0 aliphatic carbocycles. The van der Waals surface area contributed by atoms with Crippen molar-refractivity contribution in [1.82, 2.24) is 5.43 Å². The number of ether oxygens (including phenoxy) is 3. The molecule has 3 aromatic rings. The van der Waals surface area contributed by atoms with Gasteiger partial charge < -0.3 is 14.2 Å². The highest BCUT2D eigenvalue weighted by Gasteiger charge is 2.12. The molecular formula is C22H18N2O4. The first kappa shape index (κ1) is 17.6. The smallest absolute Gasteiger partial charge is 0.271 e. The number of fused-ring (bicyclic) bond motifs is 1. The van der Waals surface area contributed by atoms with E-state index in [1.807, 2.05) is 36.4 Å². The predicted octanol–water partition coefficient (Wildman–Crippen LogP) is 3.76. The molecule has 0 saturated carbocycles. The summed E-state index contributed by atoms with van der Waals surface area (Å²) in [5, 5.41) is 3.99. The van der Waals surface area contributed by atoms with Crippen LogP contribution in [0.1, 0.15) is 21.5 Å². The van der Waals surface area contributed by atoms with Gasteiger partial charge in [-0.25, -0.2) is 5.43 Å². The standard InChI is InChI=1S/C22H18N2O4/c25-22(24-23-13-17-6-11-20-21(12-17)28-15-27-20)18-7-9-19(10-8-18)26-14-16-4-2-1-3-5-16/h1-13H,14-15H2,(H,24,25)/b23-13+. The third-order valence-corrected chi connectivity index (χ3v) is 4.14. The van der Waals surface area contributed by atoms with E-state index in [1.165, 1.54) is 0 Å². The van der Waals surface area contributed by atoms with Gasteiger partial charge >= 0.3 is 0 Å². The van der Waals surface area contributed by atoms with Crippen LogP contribution < -0.4 is 19.6 Å². The maximum Gasteiger partial charge on any atom is 0.271 e. The molecule has 28 heavy (non-hydrogen) atoms. The average molecular weight is 374 g/mol. The normalized spacial score (nSPS) is 12.1. The highest BCUT2D eigenvalue weighted by molar-refractivity contribution is 5.95. The number of hydrazone groups is 1. The third-order valence-electron chi connectivity index (χ3n) is 4.14. The van der Waals surface area contributed by atoms with Gasteiger partial charge in [-0.05, 0) is 53.6 Å². The van der Waals surface area contributed by atoms with E-state index >= 15 is 0 Å². The number of amides is 1. The van der Waals surface area contributed by atoms with Gasteiger partial charge in [0, 0.05) is 5.56 Å². The van der Waals surface area contributed by atoms with Crippen molar-refractivity contribution in [3.05, 3.63) is 89.5 Å². The van der Waals surface area contributed by atoms with E-state index in [0.29, 0.717) is 29.4 Å². The molecule has 1 heterocycles. The third kappa shape index (κ3) is 4.29. The molecule has 0 bridgehead atoms. The molecule has 1 aliphatic heterocycles. The van der Waals surface area contributed by atoms with E-state index in [0.717, 1.165) is 11.1 Å². The van der Waals surface area contributed by atoms with Crippen molar-refractivity contribution in [2.24, 2.45) is 5.10 Å². The second kappa shape index (κ2) is 8.26. The molecule has 140 valence electrons. The van der Waals surface area contributed by atoms with E-state index in [-0.39, 0.29) is 12.7 Å². The molecule has 0 radical (unpaired) electrons. The van der Waals surface area contributed by atoms with Crippen LogP contribution in [0, 0.1) is 0 Å². The molecule has 0 aromatic heterocycles. The van der Waals surface area contributed by atoms with Crippen LogP contribution in [-0.2, 0) is 6.61 Å². The number of carbonyl (C=O) groups is 1. The second-order valence-corrected chi connectivity index (χ2v) is 6.11. The maximum atomic E-state index is 12.2. The summed E-state index contributed by atoms with van der Waals surface area (Å²) in [6.45, 7) is 0.698. The number of rotatable bonds is 6. The first-order valence-corrected chi connectivity index (χ1v) is 8.78. The monoisotopic (exact) mass is 374 g/mol. The van der Waals surface area contributed by atoms with E-state index in [1.54, 1.807) is 42.6 Å². The van der Waals surface area contributed by atoms with Crippen LogP contribution in [0.25, 0.3) is 0 Å². The van der Waals surface area contributed by atoms with Crippen LogP contribution in [0.5, 0.6) is 17.2 Å². The Morgan fingerprint density at radius 1 is 1.00 bits per heavy atom. The zero-order chi connectivity index (χ0) is 19.2.